The van der Waals surface area contributed by atoms with E-state index in [1.165, 1.54) is 11.1 Å². The Morgan fingerprint density at radius 1 is 1.38 bits per heavy atom. The van der Waals surface area contributed by atoms with Gasteiger partial charge in [-0.2, -0.15) is 0 Å². The van der Waals surface area contributed by atoms with Gasteiger partial charge in [-0.3, -0.25) is 0 Å². The number of methoxy groups -OCH3 is 1. The molecule has 2 bridgehead atoms. The van der Waals surface area contributed by atoms with Crippen molar-refractivity contribution in [3.05, 3.63) is 35.4 Å². The monoisotopic (exact) mass is 285 g/mol. The fourth-order valence-electron chi connectivity index (χ4n) is 5.13. The number of rotatable bonds is 1. The van der Waals surface area contributed by atoms with E-state index < -0.39 is 6.10 Å². The fraction of sp³-hybridized carbons (Fsp3) is 0.529. The third kappa shape index (κ3) is 1.25. The summed E-state index contributed by atoms with van der Waals surface area (Å²) in [7, 11) is 1.68. The van der Waals surface area contributed by atoms with Crippen LogP contribution in [0.25, 0.3) is 0 Å². The summed E-state index contributed by atoms with van der Waals surface area (Å²) in [4.78, 5) is 0. The van der Waals surface area contributed by atoms with Crippen LogP contribution in [0.15, 0.2) is 24.3 Å². The minimum atomic E-state index is -0.539. The zero-order chi connectivity index (χ0) is 14.2. The van der Waals surface area contributed by atoms with Gasteiger partial charge in [-0.05, 0) is 31.0 Å². The Kier molecular flexibility index (Phi) is 2.19. The van der Waals surface area contributed by atoms with Crippen LogP contribution in [-0.2, 0) is 11.8 Å². The molecule has 0 radical (unpaired) electrons. The summed E-state index contributed by atoms with van der Waals surface area (Å²) in [5.74, 6) is 2.06. The molecule has 1 fully saturated rings. The first-order chi connectivity index (χ1) is 10.3. The Balaban J connectivity index is 1.84. The second-order valence-corrected chi connectivity index (χ2v) is 6.63. The first-order valence-electron chi connectivity index (χ1n) is 7.72. The molecule has 21 heavy (non-hydrogen) atoms. The van der Waals surface area contributed by atoms with Crippen LogP contribution in [0.2, 0.25) is 0 Å². The summed E-state index contributed by atoms with van der Waals surface area (Å²) < 4.78 is 11.8. The zero-order valence-electron chi connectivity index (χ0n) is 12.0. The van der Waals surface area contributed by atoms with E-state index in [0.717, 1.165) is 30.9 Å². The summed E-state index contributed by atoms with van der Waals surface area (Å²) in [6.45, 7) is 0.984. The Hall–Kier alpha value is -1.52. The van der Waals surface area contributed by atoms with E-state index in [1.54, 1.807) is 7.11 Å². The smallest absolute Gasteiger partial charge is 0.165 e. The highest BCUT2D eigenvalue weighted by atomic mass is 16.5. The molecule has 2 N–H and O–H groups in total. The van der Waals surface area contributed by atoms with Gasteiger partial charge < -0.3 is 19.9 Å². The number of nitrogens with one attached hydrogen (secondary N) is 1. The van der Waals surface area contributed by atoms with Crippen LogP contribution < -0.4 is 14.8 Å². The first-order valence-corrected chi connectivity index (χ1v) is 7.72. The van der Waals surface area contributed by atoms with Gasteiger partial charge in [-0.25, -0.2) is 0 Å². The summed E-state index contributed by atoms with van der Waals surface area (Å²) >= 11 is 0. The van der Waals surface area contributed by atoms with Gasteiger partial charge in [0.25, 0.3) is 0 Å². The molecule has 4 aliphatic rings. The third-order valence-corrected chi connectivity index (χ3v) is 5.88. The van der Waals surface area contributed by atoms with Crippen molar-refractivity contribution in [1.29, 1.82) is 0 Å². The molecule has 2 heterocycles. The third-order valence-electron chi connectivity index (χ3n) is 5.88. The van der Waals surface area contributed by atoms with Crippen LogP contribution in [0, 0.1) is 5.92 Å². The van der Waals surface area contributed by atoms with Gasteiger partial charge in [-0.15, -0.1) is 0 Å². The van der Waals surface area contributed by atoms with Gasteiger partial charge in [0.05, 0.1) is 7.11 Å². The maximum absolute atomic E-state index is 10.5. The van der Waals surface area contributed by atoms with E-state index in [1.807, 2.05) is 12.1 Å². The molecule has 5 atom stereocenters. The molecule has 1 spiro atoms. The van der Waals surface area contributed by atoms with E-state index in [0.29, 0.717) is 12.0 Å². The molecule has 0 amide bonds. The van der Waals surface area contributed by atoms with Crippen LogP contribution in [-0.4, -0.2) is 37.0 Å². The molecular weight excluding hydrogens is 266 g/mol. The molecule has 0 unspecified atom stereocenters. The number of piperidine rings is 1. The normalized spacial score (nSPS) is 41.4. The van der Waals surface area contributed by atoms with Crippen molar-refractivity contribution in [2.45, 2.75) is 36.5 Å². The summed E-state index contributed by atoms with van der Waals surface area (Å²) in [5, 5.41) is 14.1. The van der Waals surface area contributed by atoms with Gasteiger partial charge in [-0.1, -0.05) is 18.2 Å². The Morgan fingerprint density at radius 2 is 2.29 bits per heavy atom. The molecule has 2 aliphatic heterocycles. The number of benzene rings is 1. The van der Waals surface area contributed by atoms with E-state index >= 15 is 0 Å². The molecular formula is C17H19NO3. The maximum atomic E-state index is 10.5. The van der Waals surface area contributed by atoms with Gasteiger partial charge >= 0.3 is 0 Å². The predicted molar refractivity (Wildman–Crippen MR) is 77.8 cm³/mol. The predicted octanol–water partition coefficient (Wildman–Crippen LogP) is 1.16. The highest BCUT2D eigenvalue weighted by Crippen LogP contribution is 2.61. The van der Waals surface area contributed by atoms with Crippen molar-refractivity contribution in [2.24, 2.45) is 5.92 Å². The maximum Gasteiger partial charge on any atom is 0.165 e. The van der Waals surface area contributed by atoms with Crippen molar-refractivity contribution in [1.82, 2.24) is 5.32 Å². The second-order valence-electron chi connectivity index (χ2n) is 6.63. The van der Waals surface area contributed by atoms with Crippen molar-refractivity contribution >= 4 is 0 Å². The lowest BCUT2D eigenvalue weighted by atomic mass is 9.54. The van der Waals surface area contributed by atoms with E-state index in [-0.39, 0.29) is 11.5 Å². The average molecular weight is 285 g/mol. The number of aliphatic hydroxyl groups is 1. The van der Waals surface area contributed by atoms with E-state index in [9.17, 15) is 5.11 Å². The highest BCUT2D eigenvalue weighted by molar-refractivity contribution is 5.62. The largest absolute Gasteiger partial charge is 0.493 e. The molecule has 5 rings (SSSR count). The number of hydrogen-bond acceptors (Lipinski definition) is 4. The van der Waals surface area contributed by atoms with Gasteiger partial charge in [0.1, 0.15) is 12.2 Å². The van der Waals surface area contributed by atoms with Crippen LogP contribution in [0.1, 0.15) is 17.5 Å². The van der Waals surface area contributed by atoms with Crippen LogP contribution in [0.5, 0.6) is 11.5 Å². The van der Waals surface area contributed by atoms with Crippen molar-refractivity contribution < 1.29 is 14.6 Å². The summed E-state index contributed by atoms with van der Waals surface area (Å²) in [6.07, 6.45) is 5.43. The van der Waals surface area contributed by atoms with E-state index in [2.05, 4.69) is 17.5 Å². The Bertz CT molecular complexity index is 656. The van der Waals surface area contributed by atoms with Crippen molar-refractivity contribution in [2.75, 3.05) is 13.7 Å². The minimum Gasteiger partial charge on any atom is -0.493 e. The number of ether oxygens (including phenoxy) is 2. The lowest BCUT2D eigenvalue weighted by molar-refractivity contribution is -0.0177. The van der Waals surface area contributed by atoms with Crippen LogP contribution in [0.4, 0.5) is 0 Å². The molecule has 1 aromatic rings. The molecule has 0 saturated carbocycles. The first kappa shape index (κ1) is 12.1. The molecule has 110 valence electrons. The number of hydrogen-bond donors (Lipinski definition) is 2. The SMILES string of the molecule is COc1ccc2c3c1O[C@@H]1[C@H](O)C=C[C@@H]4[C@H](C2)NCC[C@]341. The van der Waals surface area contributed by atoms with Gasteiger partial charge in [0.15, 0.2) is 11.5 Å². The Morgan fingerprint density at radius 3 is 3.14 bits per heavy atom. The molecule has 1 saturated heterocycles. The molecule has 4 nitrogen and oxygen atoms in total. The van der Waals surface area contributed by atoms with Crippen LogP contribution >= 0.6 is 0 Å². The molecule has 4 heteroatoms. The fourth-order valence-corrected chi connectivity index (χ4v) is 5.13. The zero-order valence-corrected chi connectivity index (χ0v) is 12.0. The van der Waals surface area contributed by atoms with E-state index in [4.69, 9.17) is 9.47 Å². The van der Waals surface area contributed by atoms with Gasteiger partial charge in [0.2, 0.25) is 0 Å². The lowest BCUT2D eigenvalue weighted by Crippen LogP contribution is -2.64. The summed E-state index contributed by atoms with van der Waals surface area (Å²) in [5.41, 5.74) is 2.57. The lowest BCUT2D eigenvalue weighted by Gasteiger charge is -2.53. The molecule has 0 aromatic heterocycles. The topological polar surface area (TPSA) is 50.7 Å². The molecule has 1 aromatic carbocycles. The van der Waals surface area contributed by atoms with Crippen LogP contribution in [0.3, 0.4) is 0 Å². The Labute approximate surface area is 123 Å². The molecule has 2 aliphatic carbocycles. The second kappa shape index (κ2) is 3.81. The highest BCUT2D eigenvalue weighted by Gasteiger charge is 2.63. The van der Waals surface area contributed by atoms with Crippen molar-refractivity contribution in [3.63, 3.8) is 0 Å². The number of aliphatic hydroxyl groups excluding tert-OH is 1. The van der Waals surface area contributed by atoms with Crippen molar-refractivity contribution in [3.8, 4) is 11.5 Å². The summed E-state index contributed by atoms with van der Waals surface area (Å²) in [6, 6.07) is 4.62. The minimum absolute atomic E-state index is 0.0818. The van der Waals surface area contributed by atoms with Gasteiger partial charge in [0, 0.05) is 22.9 Å². The quantitative estimate of drug-likeness (QED) is 0.760. The standard InChI is InChI=1S/C17H19NO3/c1-20-13-5-2-9-8-11-10-3-4-12(19)16-17(10,6-7-18-11)14(9)15(13)21-16/h2-5,10-12,16,18-19H,6-8H2,1H3/t10-,11+,12-,16-,17-/m1/s1. The average Bonchev–Trinajstić information content (AvgIpc) is 2.83.